The number of nitrogens with zero attached hydrogens (tertiary/aromatic N) is 1. The Morgan fingerprint density at radius 2 is 2.10 bits per heavy atom. The number of rotatable bonds is 6. The maximum atomic E-state index is 12.4. The number of anilines is 1. The van der Waals surface area contributed by atoms with Crippen LogP contribution >= 0.6 is 0 Å². The van der Waals surface area contributed by atoms with Crippen molar-refractivity contribution in [2.24, 2.45) is 0 Å². The van der Waals surface area contributed by atoms with E-state index in [9.17, 15) is 4.79 Å². The van der Waals surface area contributed by atoms with E-state index >= 15 is 0 Å². The van der Waals surface area contributed by atoms with E-state index in [-0.39, 0.29) is 5.91 Å². The van der Waals surface area contributed by atoms with Gasteiger partial charge in [-0.1, -0.05) is 25.1 Å². The summed E-state index contributed by atoms with van der Waals surface area (Å²) in [5, 5.41) is 6.18. The lowest BCUT2D eigenvalue weighted by Gasteiger charge is -2.12. The Hall–Kier alpha value is -2.40. The van der Waals surface area contributed by atoms with E-state index in [4.69, 9.17) is 4.74 Å². The molecule has 1 heterocycles. The van der Waals surface area contributed by atoms with Gasteiger partial charge in [0.25, 0.3) is 5.91 Å². The molecule has 2 aromatic rings. The Bertz CT molecular complexity index is 614. The van der Waals surface area contributed by atoms with Crippen molar-refractivity contribution in [3.8, 4) is 5.75 Å². The first-order chi connectivity index (χ1) is 10.3. The summed E-state index contributed by atoms with van der Waals surface area (Å²) in [6, 6.07) is 9.37. The van der Waals surface area contributed by atoms with Crippen LogP contribution in [0.3, 0.4) is 0 Å². The normalized spacial score (nSPS) is 10.2. The van der Waals surface area contributed by atoms with Gasteiger partial charge >= 0.3 is 0 Å². The van der Waals surface area contributed by atoms with E-state index in [0.717, 1.165) is 17.8 Å². The van der Waals surface area contributed by atoms with E-state index in [2.05, 4.69) is 15.6 Å². The first kappa shape index (κ1) is 15.0. The molecule has 0 saturated carbocycles. The first-order valence-electron chi connectivity index (χ1n) is 6.84. The molecule has 1 aromatic carbocycles. The van der Waals surface area contributed by atoms with Gasteiger partial charge in [-0.05, 0) is 24.2 Å². The zero-order valence-electron chi connectivity index (χ0n) is 12.2. The third kappa shape index (κ3) is 3.79. The van der Waals surface area contributed by atoms with E-state index in [1.807, 2.05) is 31.2 Å². The average molecular weight is 285 g/mol. The van der Waals surface area contributed by atoms with Gasteiger partial charge in [0.05, 0.1) is 18.9 Å². The van der Waals surface area contributed by atoms with Crippen LogP contribution in [0.2, 0.25) is 0 Å². The van der Waals surface area contributed by atoms with Gasteiger partial charge in [-0.2, -0.15) is 0 Å². The number of hydrogen-bond donors (Lipinski definition) is 2. The summed E-state index contributed by atoms with van der Waals surface area (Å²) in [7, 11) is 1.52. The lowest BCUT2D eigenvalue weighted by Crippen LogP contribution is -2.17. The molecule has 5 heteroatoms. The zero-order valence-corrected chi connectivity index (χ0v) is 12.2. The van der Waals surface area contributed by atoms with Gasteiger partial charge in [0, 0.05) is 18.4 Å². The Morgan fingerprint density at radius 3 is 2.86 bits per heavy atom. The maximum absolute atomic E-state index is 12.4. The summed E-state index contributed by atoms with van der Waals surface area (Å²) in [4.78, 5) is 16.3. The largest absolute Gasteiger partial charge is 0.494 e. The Labute approximate surface area is 124 Å². The lowest BCUT2D eigenvalue weighted by atomic mass is 10.1. The van der Waals surface area contributed by atoms with Crippen molar-refractivity contribution in [2.75, 3.05) is 19.0 Å². The zero-order chi connectivity index (χ0) is 15.1. The Morgan fingerprint density at radius 1 is 1.29 bits per heavy atom. The topological polar surface area (TPSA) is 63.2 Å². The minimum Gasteiger partial charge on any atom is -0.494 e. The van der Waals surface area contributed by atoms with Gasteiger partial charge in [-0.25, -0.2) is 0 Å². The fourth-order valence-electron chi connectivity index (χ4n) is 1.98. The van der Waals surface area contributed by atoms with Crippen LogP contribution < -0.4 is 15.4 Å². The average Bonchev–Trinajstić information content (AvgIpc) is 2.54. The Kier molecular flexibility index (Phi) is 5.29. The summed E-state index contributed by atoms with van der Waals surface area (Å²) in [6.45, 7) is 3.63. The summed E-state index contributed by atoms with van der Waals surface area (Å²) < 4.78 is 5.16. The number of nitrogens with one attached hydrogen (secondary N) is 2. The van der Waals surface area contributed by atoms with Crippen LogP contribution in [-0.4, -0.2) is 24.5 Å². The third-order valence-electron chi connectivity index (χ3n) is 3.08. The van der Waals surface area contributed by atoms with Crippen molar-refractivity contribution in [3.05, 3.63) is 53.9 Å². The van der Waals surface area contributed by atoms with Crippen LogP contribution in [0.15, 0.2) is 42.7 Å². The molecule has 0 spiro atoms. The second kappa shape index (κ2) is 7.40. The molecule has 0 aliphatic carbocycles. The molecule has 0 atom stereocenters. The molecule has 21 heavy (non-hydrogen) atoms. The minimum atomic E-state index is -0.210. The molecule has 0 aliphatic rings. The highest BCUT2D eigenvalue weighted by Crippen LogP contribution is 2.20. The summed E-state index contributed by atoms with van der Waals surface area (Å²) in [5.74, 6) is 0.248. The van der Waals surface area contributed by atoms with Crippen LogP contribution in [0.1, 0.15) is 22.8 Å². The standard InChI is InChI=1S/C16H19N3O2/c1-3-17-10-12-6-4-5-7-14(12)19-16(20)13-8-9-18-11-15(13)21-2/h4-9,11,17H,3,10H2,1-2H3,(H,19,20). The Balaban J connectivity index is 2.19. The molecular weight excluding hydrogens is 266 g/mol. The van der Waals surface area contributed by atoms with E-state index < -0.39 is 0 Å². The number of carbonyl (C=O) groups is 1. The van der Waals surface area contributed by atoms with Crippen molar-refractivity contribution >= 4 is 11.6 Å². The van der Waals surface area contributed by atoms with Gasteiger partial charge in [-0.3, -0.25) is 9.78 Å². The predicted octanol–water partition coefficient (Wildman–Crippen LogP) is 2.45. The van der Waals surface area contributed by atoms with E-state index in [0.29, 0.717) is 17.9 Å². The van der Waals surface area contributed by atoms with Crippen molar-refractivity contribution in [3.63, 3.8) is 0 Å². The monoisotopic (exact) mass is 285 g/mol. The van der Waals surface area contributed by atoms with E-state index in [1.165, 1.54) is 13.3 Å². The van der Waals surface area contributed by atoms with Crippen LogP contribution in [0.5, 0.6) is 5.75 Å². The lowest BCUT2D eigenvalue weighted by molar-refractivity contribution is 0.102. The number of ether oxygens (including phenoxy) is 1. The first-order valence-corrected chi connectivity index (χ1v) is 6.84. The van der Waals surface area contributed by atoms with Gasteiger partial charge < -0.3 is 15.4 Å². The number of methoxy groups -OCH3 is 1. The highest BCUT2D eigenvalue weighted by Gasteiger charge is 2.13. The molecule has 5 nitrogen and oxygen atoms in total. The number of aromatic nitrogens is 1. The molecule has 2 N–H and O–H groups in total. The van der Waals surface area contributed by atoms with Crippen molar-refractivity contribution < 1.29 is 9.53 Å². The summed E-state index contributed by atoms with van der Waals surface area (Å²) >= 11 is 0. The quantitative estimate of drug-likeness (QED) is 0.855. The molecule has 110 valence electrons. The van der Waals surface area contributed by atoms with Gasteiger partial charge in [0.15, 0.2) is 0 Å². The number of benzene rings is 1. The van der Waals surface area contributed by atoms with E-state index in [1.54, 1.807) is 12.3 Å². The van der Waals surface area contributed by atoms with Crippen molar-refractivity contribution in [1.29, 1.82) is 0 Å². The predicted molar refractivity (Wildman–Crippen MR) is 82.6 cm³/mol. The van der Waals surface area contributed by atoms with Gasteiger partial charge in [0.2, 0.25) is 0 Å². The van der Waals surface area contributed by atoms with Crippen LogP contribution in [0, 0.1) is 0 Å². The number of amides is 1. The van der Waals surface area contributed by atoms with Crippen molar-refractivity contribution in [1.82, 2.24) is 10.3 Å². The van der Waals surface area contributed by atoms with Crippen LogP contribution in [0.25, 0.3) is 0 Å². The molecule has 1 aromatic heterocycles. The molecule has 1 amide bonds. The van der Waals surface area contributed by atoms with Gasteiger partial charge in [0.1, 0.15) is 5.75 Å². The minimum absolute atomic E-state index is 0.210. The second-order valence-corrected chi connectivity index (χ2v) is 4.47. The highest BCUT2D eigenvalue weighted by molar-refractivity contribution is 6.06. The maximum Gasteiger partial charge on any atom is 0.259 e. The number of para-hydroxylation sites is 1. The SMILES string of the molecule is CCNCc1ccccc1NC(=O)c1ccncc1OC. The number of hydrogen-bond acceptors (Lipinski definition) is 4. The second-order valence-electron chi connectivity index (χ2n) is 4.47. The molecule has 0 unspecified atom stereocenters. The van der Waals surface area contributed by atoms with Gasteiger partial charge in [-0.15, -0.1) is 0 Å². The summed E-state index contributed by atoms with van der Waals surface area (Å²) in [5.41, 5.74) is 2.30. The number of pyridine rings is 1. The fourth-order valence-corrected chi connectivity index (χ4v) is 1.98. The smallest absolute Gasteiger partial charge is 0.259 e. The van der Waals surface area contributed by atoms with Crippen LogP contribution in [-0.2, 0) is 6.54 Å². The highest BCUT2D eigenvalue weighted by atomic mass is 16.5. The third-order valence-corrected chi connectivity index (χ3v) is 3.08. The molecule has 2 rings (SSSR count). The molecule has 0 fully saturated rings. The molecular formula is C16H19N3O2. The molecule has 0 aliphatic heterocycles. The van der Waals surface area contributed by atoms with Crippen molar-refractivity contribution in [2.45, 2.75) is 13.5 Å². The summed E-state index contributed by atoms with van der Waals surface area (Å²) in [6.07, 6.45) is 3.10. The van der Waals surface area contributed by atoms with Crippen LogP contribution in [0.4, 0.5) is 5.69 Å². The molecule has 0 radical (unpaired) electrons. The number of carbonyl (C=O) groups excluding carboxylic acids is 1. The molecule has 0 saturated heterocycles. The molecule has 0 bridgehead atoms. The fraction of sp³-hybridized carbons (Fsp3) is 0.250.